The summed E-state index contributed by atoms with van der Waals surface area (Å²) < 4.78 is 29.2. The van der Waals surface area contributed by atoms with Gasteiger partial charge in [-0.3, -0.25) is 9.36 Å². The Morgan fingerprint density at radius 1 is 1.00 bits per heavy atom. The maximum absolute atomic E-state index is 13.9. The van der Waals surface area contributed by atoms with Crippen molar-refractivity contribution in [1.82, 2.24) is 14.8 Å². The van der Waals surface area contributed by atoms with Gasteiger partial charge in [0.05, 0.1) is 10.9 Å². The highest BCUT2D eigenvalue weighted by Gasteiger charge is 2.22. The molecule has 0 saturated carbocycles. The number of hydrogen-bond donors (Lipinski definition) is 1. The zero-order valence-corrected chi connectivity index (χ0v) is 18.0. The van der Waals surface area contributed by atoms with Crippen LogP contribution in [0.3, 0.4) is 0 Å². The average Bonchev–Trinajstić information content (AvgIpc) is 3.19. The van der Waals surface area contributed by atoms with Crippen molar-refractivity contribution in [3.63, 3.8) is 0 Å². The van der Waals surface area contributed by atoms with Crippen molar-refractivity contribution in [3.05, 3.63) is 102 Å². The first-order chi connectivity index (χ1) is 15.5. The topological polar surface area (TPSA) is 59.8 Å². The molecule has 0 aliphatic heterocycles. The summed E-state index contributed by atoms with van der Waals surface area (Å²) in [5, 5.41) is 11.0. The standard InChI is InChI=1S/C24H20F2N4OS/c1-16(23(31)27-21-15-18(25)12-13-20(21)26)32-24-29-28-22(14-17-8-4-2-5-9-17)30(24)19-10-6-3-7-11-19/h2-13,15-16H,14H2,1H3,(H,27,31). The molecule has 0 aliphatic rings. The summed E-state index contributed by atoms with van der Waals surface area (Å²) in [4.78, 5) is 12.6. The van der Waals surface area contributed by atoms with Crippen molar-refractivity contribution in [1.29, 1.82) is 0 Å². The Labute approximate surface area is 188 Å². The van der Waals surface area contributed by atoms with Gasteiger partial charge < -0.3 is 5.32 Å². The number of aromatic nitrogens is 3. The van der Waals surface area contributed by atoms with Crippen LogP contribution in [-0.4, -0.2) is 25.9 Å². The number of amides is 1. The van der Waals surface area contributed by atoms with E-state index < -0.39 is 22.8 Å². The smallest absolute Gasteiger partial charge is 0.237 e. The number of nitrogens with one attached hydrogen (secondary N) is 1. The van der Waals surface area contributed by atoms with E-state index in [-0.39, 0.29) is 5.69 Å². The van der Waals surface area contributed by atoms with Crippen LogP contribution in [0.2, 0.25) is 0 Å². The Kier molecular flexibility index (Phi) is 6.61. The lowest BCUT2D eigenvalue weighted by Gasteiger charge is -2.14. The molecule has 8 heteroatoms. The minimum atomic E-state index is -0.699. The first-order valence-electron chi connectivity index (χ1n) is 9.97. The summed E-state index contributed by atoms with van der Waals surface area (Å²) in [5.41, 5.74) is 1.76. The monoisotopic (exact) mass is 450 g/mol. The molecule has 0 fully saturated rings. The lowest BCUT2D eigenvalue weighted by Crippen LogP contribution is -2.23. The van der Waals surface area contributed by atoms with Gasteiger partial charge in [-0.05, 0) is 36.8 Å². The Morgan fingerprint density at radius 2 is 1.69 bits per heavy atom. The number of hydrogen-bond acceptors (Lipinski definition) is 4. The maximum Gasteiger partial charge on any atom is 0.237 e. The molecule has 32 heavy (non-hydrogen) atoms. The highest BCUT2D eigenvalue weighted by molar-refractivity contribution is 8.00. The highest BCUT2D eigenvalue weighted by Crippen LogP contribution is 2.28. The third-order valence-corrected chi connectivity index (χ3v) is 5.80. The van der Waals surface area contributed by atoms with Gasteiger partial charge in [0.25, 0.3) is 0 Å². The minimum absolute atomic E-state index is 0.197. The summed E-state index contributed by atoms with van der Waals surface area (Å²) in [6.07, 6.45) is 0.568. The second-order valence-corrected chi connectivity index (χ2v) is 8.41. The number of rotatable bonds is 7. The van der Waals surface area contributed by atoms with Crippen molar-refractivity contribution in [3.8, 4) is 5.69 Å². The van der Waals surface area contributed by atoms with E-state index in [0.29, 0.717) is 11.6 Å². The number of benzene rings is 3. The van der Waals surface area contributed by atoms with Crippen molar-refractivity contribution in [2.45, 2.75) is 23.8 Å². The predicted molar refractivity (Wildman–Crippen MR) is 121 cm³/mol. The molecule has 0 bridgehead atoms. The van der Waals surface area contributed by atoms with Gasteiger partial charge in [0.15, 0.2) is 5.16 Å². The molecule has 4 aromatic rings. The summed E-state index contributed by atoms with van der Waals surface area (Å²) in [7, 11) is 0. The number of carbonyl (C=O) groups is 1. The molecule has 0 radical (unpaired) electrons. The second kappa shape index (κ2) is 9.74. The molecule has 1 atom stereocenters. The maximum atomic E-state index is 13.9. The molecule has 0 spiro atoms. The van der Waals surface area contributed by atoms with Crippen LogP contribution >= 0.6 is 11.8 Å². The zero-order chi connectivity index (χ0) is 22.5. The number of anilines is 1. The highest BCUT2D eigenvalue weighted by atomic mass is 32.2. The molecule has 0 saturated heterocycles. The molecule has 1 N–H and O–H groups in total. The van der Waals surface area contributed by atoms with Crippen molar-refractivity contribution in [2.75, 3.05) is 5.32 Å². The Bertz CT molecular complexity index is 1220. The zero-order valence-electron chi connectivity index (χ0n) is 17.2. The minimum Gasteiger partial charge on any atom is -0.323 e. The first kappa shape index (κ1) is 21.7. The van der Waals surface area contributed by atoms with Gasteiger partial charge in [0, 0.05) is 18.2 Å². The SMILES string of the molecule is CC(Sc1nnc(Cc2ccccc2)n1-c1ccccc1)C(=O)Nc1cc(F)ccc1F. The molecule has 1 amide bonds. The van der Waals surface area contributed by atoms with E-state index in [1.807, 2.05) is 65.2 Å². The molecular weight excluding hydrogens is 430 g/mol. The van der Waals surface area contributed by atoms with E-state index in [0.717, 1.165) is 35.3 Å². The van der Waals surface area contributed by atoms with E-state index in [1.54, 1.807) is 6.92 Å². The number of halogens is 2. The van der Waals surface area contributed by atoms with Gasteiger partial charge in [-0.2, -0.15) is 0 Å². The van der Waals surface area contributed by atoms with E-state index in [1.165, 1.54) is 11.8 Å². The fourth-order valence-electron chi connectivity index (χ4n) is 3.15. The van der Waals surface area contributed by atoms with Crippen LogP contribution in [0.1, 0.15) is 18.3 Å². The van der Waals surface area contributed by atoms with Crippen LogP contribution in [0.25, 0.3) is 5.69 Å². The Balaban J connectivity index is 1.58. The molecule has 5 nitrogen and oxygen atoms in total. The summed E-state index contributed by atoms with van der Waals surface area (Å²) in [5.74, 6) is -1.06. The quantitative estimate of drug-likeness (QED) is 0.391. The summed E-state index contributed by atoms with van der Waals surface area (Å²) in [6.45, 7) is 1.68. The van der Waals surface area contributed by atoms with Crippen LogP contribution in [0.4, 0.5) is 14.5 Å². The molecule has 162 valence electrons. The van der Waals surface area contributed by atoms with Gasteiger partial charge in [-0.25, -0.2) is 8.78 Å². The normalized spacial score (nSPS) is 11.8. The number of thioether (sulfide) groups is 1. The van der Waals surface area contributed by atoms with Gasteiger partial charge >= 0.3 is 0 Å². The van der Waals surface area contributed by atoms with E-state index in [2.05, 4.69) is 15.5 Å². The second-order valence-electron chi connectivity index (χ2n) is 7.11. The fourth-order valence-corrected chi connectivity index (χ4v) is 4.03. The van der Waals surface area contributed by atoms with Crippen LogP contribution in [-0.2, 0) is 11.2 Å². The number of para-hydroxylation sites is 1. The van der Waals surface area contributed by atoms with Crippen LogP contribution in [0.5, 0.6) is 0 Å². The van der Waals surface area contributed by atoms with Gasteiger partial charge in [-0.15, -0.1) is 10.2 Å². The van der Waals surface area contributed by atoms with Gasteiger partial charge in [0.2, 0.25) is 5.91 Å². The molecule has 3 aromatic carbocycles. The molecule has 1 unspecified atom stereocenters. The summed E-state index contributed by atoms with van der Waals surface area (Å²) in [6, 6.07) is 22.5. The molecule has 0 aliphatic carbocycles. The van der Waals surface area contributed by atoms with Crippen molar-refractivity contribution in [2.24, 2.45) is 0 Å². The van der Waals surface area contributed by atoms with Crippen molar-refractivity contribution < 1.29 is 13.6 Å². The fraction of sp³-hybridized carbons (Fsp3) is 0.125. The number of nitrogens with zero attached hydrogens (tertiary/aromatic N) is 3. The predicted octanol–water partition coefficient (Wildman–Crippen LogP) is 5.26. The van der Waals surface area contributed by atoms with Crippen LogP contribution in [0, 0.1) is 11.6 Å². The molecule has 4 rings (SSSR count). The molecule has 1 aromatic heterocycles. The third-order valence-electron chi connectivity index (χ3n) is 4.76. The largest absolute Gasteiger partial charge is 0.323 e. The molecular formula is C24H20F2N4OS. The van der Waals surface area contributed by atoms with Crippen molar-refractivity contribution >= 4 is 23.4 Å². The van der Waals surface area contributed by atoms with Gasteiger partial charge in [0.1, 0.15) is 17.5 Å². The van der Waals surface area contributed by atoms with Gasteiger partial charge in [-0.1, -0.05) is 60.3 Å². The average molecular weight is 451 g/mol. The van der Waals surface area contributed by atoms with E-state index >= 15 is 0 Å². The molecule has 1 heterocycles. The first-order valence-corrected chi connectivity index (χ1v) is 10.9. The summed E-state index contributed by atoms with van der Waals surface area (Å²) >= 11 is 1.19. The Hall–Kier alpha value is -3.52. The Morgan fingerprint density at radius 3 is 2.41 bits per heavy atom. The lowest BCUT2D eigenvalue weighted by atomic mass is 10.1. The lowest BCUT2D eigenvalue weighted by molar-refractivity contribution is -0.115. The van der Waals surface area contributed by atoms with E-state index in [9.17, 15) is 13.6 Å². The van der Waals surface area contributed by atoms with Crippen LogP contribution in [0.15, 0.2) is 84.0 Å². The third kappa shape index (κ3) is 5.03. The number of carbonyl (C=O) groups excluding carboxylic acids is 1. The van der Waals surface area contributed by atoms with E-state index in [4.69, 9.17) is 0 Å². The van der Waals surface area contributed by atoms with Crippen LogP contribution < -0.4 is 5.32 Å².